The van der Waals surface area contributed by atoms with E-state index < -0.39 is 0 Å². The van der Waals surface area contributed by atoms with Crippen LogP contribution < -0.4 is 4.74 Å². The molecule has 2 rings (SSSR count). The third kappa shape index (κ3) is 2.67. The molecule has 0 spiro atoms. The molecule has 3 nitrogen and oxygen atoms in total. The third-order valence-electron chi connectivity index (χ3n) is 3.07. The lowest BCUT2D eigenvalue weighted by Gasteiger charge is -2.22. The first-order valence-corrected chi connectivity index (χ1v) is 5.76. The molecule has 1 N–H and O–H groups in total. The lowest BCUT2D eigenvalue weighted by molar-refractivity contribution is 0.0496. The van der Waals surface area contributed by atoms with Gasteiger partial charge < -0.3 is 14.6 Å². The predicted octanol–water partition coefficient (Wildman–Crippen LogP) is 2.51. The van der Waals surface area contributed by atoms with E-state index in [2.05, 4.69) is 0 Å². The van der Waals surface area contributed by atoms with Crippen molar-refractivity contribution in [2.75, 3.05) is 19.8 Å². The fourth-order valence-electron chi connectivity index (χ4n) is 1.88. The van der Waals surface area contributed by atoms with Crippen LogP contribution in [-0.2, 0) is 4.74 Å². The van der Waals surface area contributed by atoms with Crippen molar-refractivity contribution >= 4 is 0 Å². The van der Waals surface area contributed by atoms with Gasteiger partial charge in [-0.15, -0.1) is 0 Å². The summed E-state index contributed by atoms with van der Waals surface area (Å²) in [6, 6.07) is 5.38. The van der Waals surface area contributed by atoms with Crippen molar-refractivity contribution in [3.63, 3.8) is 0 Å². The monoisotopic (exact) mass is 222 g/mol. The average molecular weight is 222 g/mol. The Morgan fingerprint density at radius 1 is 1.38 bits per heavy atom. The number of aromatic hydroxyl groups is 1. The molecule has 0 saturated carbocycles. The highest BCUT2D eigenvalue weighted by atomic mass is 16.5. The van der Waals surface area contributed by atoms with Gasteiger partial charge in [0, 0.05) is 18.8 Å². The van der Waals surface area contributed by atoms with Crippen LogP contribution in [0.4, 0.5) is 0 Å². The molecule has 0 unspecified atom stereocenters. The normalized spacial score (nSPS) is 17.3. The molecule has 0 bridgehead atoms. The second kappa shape index (κ2) is 5.21. The van der Waals surface area contributed by atoms with Crippen molar-refractivity contribution in [3.8, 4) is 11.5 Å². The maximum Gasteiger partial charge on any atom is 0.125 e. The molecule has 1 saturated heterocycles. The molecule has 0 radical (unpaired) electrons. The second-order valence-corrected chi connectivity index (χ2v) is 4.27. The summed E-state index contributed by atoms with van der Waals surface area (Å²) in [4.78, 5) is 0. The van der Waals surface area contributed by atoms with E-state index in [-0.39, 0.29) is 0 Å². The molecule has 1 aliphatic rings. The summed E-state index contributed by atoms with van der Waals surface area (Å²) in [5, 5.41) is 9.54. The Morgan fingerprint density at radius 2 is 2.12 bits per heavy atom. The summed E-state index contributed by atoms with van der Waals surface area (Å²) < 4.78 is 11.0. The average Bonchev–Trinajstić information content (AvgIpc) is 2.32. The molecule has 0 aromatic heterocycles. The first-order chi connectivity index (χ1) is 7.77. The number of phenolic OH excluding ortho intramolecular Hbond substituents is 1. The lowest BCUT2D eigenvalue weighted by atomic mass is 10.0. The Balaban J connectivity index is 1.91. The van der Waals surface area contributed by atoms with Crippen LogP contribution in [0.25, 0.3) is 0 Å². The van der Waals surface area contributed by atoms with Crippen molar-refractivity contribution in [2.45, 2.75) is 19.8 Å². The van der Waals surface area contributed by atoms with E-state index in [0.717, 1.165) is 37.4 Å². The Kier molecular flexibility index (Phi) is 3.67. The van der Waals surface area contributed by atoms with Crippen LogP contribution in [0, 0.1) is 12.8 Å². The van der Waals surface area contributed by atoms with Crippen LogP contribution in [0.15, 0.2) is 18.2 Å². The highest BCUT2D eigenvalue weighted by molar-refractivity contribution is 5.42. The molecule has 1 fully saturated rings. The maximum absolute atomic E-state index is 9.54. The zero-order valence-corrected chi connectivity index (χ0v) is 9.61. The number of benzene rings is 1. The number of hydrogen-bond donors (Lipinski definition) is 1. The third-order valence-corrected chi connectivity index (χ3v) is 3.07. The molecule has 0 atom stereocenters. The van der Waals surface area contributed by atoms with Gasteiger partial charge in [0.15, 0.2) is 0 Å². The first-order valence-electron chi connectivity index (χ1n) is 5.76. The molecule has 0 amide bonds. The highest BCUT2D eigenvalue weighted by Gasteiger charge is 2.15. The number of hydrogen-bond acceptors (Lipinski definition) is 3. The van der Waals surface area contributed by atoms with E-state index in [0.29, 0.717) is 18.3 Å². The Bertz CT molecular complexity index is 343. The van der Waals surface area contributed by atoms with E-state index in [4.69, 9.17) is 9.47 Å². The zero-order chi connectivity index (χ0) is 11.4. The van der Waals surface area contributed by atoms with Gasteiger partial charge in [-0.05, 0) is 37.8 Å². The van der Waals surface area contributed by atoms with Gasteiger partial charge in [0.1, 0.15) is 11.5 Å². The minimum atomic E-state index is 0.296. The molecule has 1 aliphatic heterocycles. The molecule has 0 aliphatic carbocycles. The number of phenols is 1. The van der Waals surface area contributed by atoms with E-state index in [9.17, 15) is 5.11 Å². The smallest absolute Gasteiger partial charge is 0.125 e. The van der Waals surface area contributed by atoms with Crippen molar-refractivity contribution in [3.05, 3.63) is 23.8 Å². The lowest BCUT2D eigenvalue weighted by Crippen LogP contribution is -2.21. The van der Waals surface area contributed by atoms with Crippen molar-refractivity contribution < 1.29 is 14.6 Å². The van der Waals surface area contributed by atoms with Crippen LogP contribution in [0.3, 0.4) is 0 Å². The standard InChI is InChI=1S/C13H18O3/c1-10-12(14)3-2-4-13(10)16-9-11-5-7-15-8-6-11/h2-4,11,14H,5-9H2,1H3. The Labute approximate surface area is 96.0 Å². The summed E-state index contributed by atoms with van der Waals surface area (Å²) in [6.45, 7) is 4.27. The van der Waals surface area contributed by atoms with Gasteiger partial charge in [-0.2, -0.15) is 0 Å². The van der Waals surface area contributed by atoms with E-state index >= 15 is 0 Å². The Morgan fingerprint density at radius 3 is 2.88 bits per heavy atom. The van der Waals surface area contributed by atoms with Gasteiger partial charge >= 0.3 is 0 Å². The van der Waals surface area contributed by atoms with Crippen molar-refractivity contribution in [1.29, 1.82) is 0 Å². The quantitative estimate of drug-likeness (QED) is 0.854. The predicted molar refractivity (Wildman–Crippen MR) is 61.9 cm³/mol. The van der Waals surface area contributed by atoms with E-state index in [1.807, 2.05) is 19.1 Å². The van der Waals surface area contributed by atoms with Crippen LogP contribution in [0.5, 0.6) is 11.5 Å². The molecule has 1 aromatic rings. The molecule has 88 valence electrons. The molecular formula is C13H18O3. The van der Waals surface area contributed by atoms with Crippen LogP contribution in [-0.4, -0.2) is 24.9 Å². The fourth-order valence-corrected chi connectivity index (χ4v) is 1.88. The van der Waals surface area contributed by atoms with Gasteiger partial charge in [-0.3, -0.25) is 0 Å². The molecule has 1 aromatic carbocycles. The van der Waals surface area contributed by atoms with Gasteiger partial charge in [0.2, 0.25) is 0 Å². The topological polar surface area (TPSA) is 38.7 Å². The fraction of sp³-hybridized carbons (Fsp3) is 0.538. The second-order valence-electron chi connectivity index (χ2n) is 4.27. The van der Waals surface area contributed by atoms with Gasteiger partial charge in [0.05, 0.1) is 6.61 Å². The van der Waals surface area contributed by atoms with Gasteiger partial charge in [0.25, 0.3) is 0 Å². The largest absolute Gasteiger partial charge is 0.508 e. The van der Waals surface area contributed by atoms with Crippen LogP contribution >= 0.6 is 0 Å². The van der Waals surface area contributed by atoms with Gasteiger partial charge in [-0.25, -0.2) is 0 Å². The molecule has 3 heteroatoms. The minimum Gasteiger partial charge on any atom is -0.508 e. The summed E-state index contributed by atoms with van der Waals surface area (Å²) in [5.74, 6) is 1.66. The molecule has 16 heavy (non-hydrogen) atoms. The summed E-state index contributed by atoms with van der Waals surface area (Å²) in [5.41, 5.74) is 0.814. The first kappa shape index (κ1) is 11.3. The van der Waals surface area contributed by atoms with E-state index in [1.54, 1.807) is 6.07 Å². The SMILES string of the molecule is Cc1c(O)cccc1OCC1CCOCC1. The van der Waals surface area contributed by atoms with Crippen LogP contribution in [0.1, 0.15) is 18.4 Å². The van der Waals surface area contributed by atoms with Crippen molar-refractivity contribution in [2.24, 2.45) is 5.92 Å². The maximum atomic E-state index is 9.54. The molecule has 1 heterocycles. The summed E-state index contributed by atoms with van der Waals surface area (Å²) >= 11 is 0. The summed E-state index contributed by atoms with van der Waals surface area (Å²) in [7, 11) is 0. The highest BCUT2D eigenvalue weighted by Crippen LogP contribution is 2.27. The Hall–Kier alpha value is -1.22. The number of rotatable bonds is 3. The number of ether oxygens (including phenoxy) is 2. The molecular weight excluding hydrogens is 204 g/mol. The van der Waals surface area contributed by atoms with Crippen LogP contribution in [0.2, 0.25) is 0 Å². The minimum absolute atomic E-state index is 0.296. The van der Waals surface area contributed by atoms with Crippen molar-refractivity contribution in [1.82, 2.24) is 0 Å². The van der Waals surface area contributed by atoms with E-state index in [1.165, 1.54) is 0 Å². The van der Waals surface area contributed by atoms with Gasteiger partial charge in [-0.1, -0.05) is 6.07 Å². The zero-order valence-electron chi connectivity index (χ0n) is 9.61. The summed E-state index contributed by atoms with van der Waals surface area (Å²) in [6.07, 6.45) is 2.13.